The third-order valence-corrected chi connectivity index (χ3v) is 21.0. The Morgan fingerprint density at radius 3 is 0.481 bits per heavy atom. The molecule has 0 aromatic heterocycles. The number of rotatable bonds is 33. The van der Waals surface area contributed by atoms with Crippen LogP contribution in [0.25, 0.3) is 0 Å². The fraction of sp³-hybridized carbons (Fsp3) is 1.00. The predicted molar refractivity (Wildman–Crippen MR) is 215 cm³/mol. The molecule has 314 valence electrons. The molecule has 0 aromatic carbocycles. The van der Waals surface area contributed by atoms with Gasteiger partial charge in [0.25, 0.3) is 0 Å². The van der Waals surface area contributed by atoms with Gasteiger partial charge >= 0.3 is 36.7 Å². The summed E-state index contributed by atoms with van der Waals surface area (Å²) in [6.45, 7) is 36.3. The van der Waals surface area contributed by atoms with Crippen molar-refractivity contribution in [1.29, 1.82) is 0 Å². The highest BCUT2D eigenvalue weighted by Gasteiger charge is 2.62. The second kappa shape index (κ2) is 27.1. The molecule has 0 aromatic rings. The van der Waals surface area contributed by atoms with E-state index in [1.807, 2.05) is 125 Å². The van der Waals surface area contributed by atoms with Crippen LogP contribution in [0.4, 0.5) is 0 Å². The Labute approximate surface area is 325 Å². The van der Waals surface area contributed by atoms with Crippen LogP contribution in [-0.4, -0.2) is 91.6 Å². The van der Waals surface area contributed by atoms with Gasteiger partial charge in [-0.05, 0) is 120 Å². The molecule has 0 saturated carbocycles. The van der Waals surface area contributed by atoms with Crippen molar-refractivity contribution >= 4 is 36.7 Å². The molecule has 9 atom stereocenters. The zero-order valence-corrected chi connectivity index (χ0v) is 40.7. The normalized spacial score (nSPS) is 21.8. The molecule has 52 heavy (non-hydrogen) atoms. The summed E-state index contributed by atoms with van der Waals surface area (Å²) >= 11 is 0. The summed E-state index contributed by atoms with van der Waals surface area (Å²) in [7, 11) is -15.9. The van der Waals surface area contributed by atoms with Crippen LogP contribution in [0.2, 0.25) is 0 Å². The lowest BCUT2D eigenvalue weighted by Crippen LogP contribution is -2.66. The average Bonchev–Trinajstić information content (AvgIpc) is 3.10. The molecule has 0 spiro atoms. The predicted octanol–water partition coefficient (Wildman–Crippen LogP) is 9.40. The van der Waals surface area contributed by atoms with E-state index in [0.29, 0.717) is 57.8 Å². The lowest BCUT2D eigenvalue weighted by atomic mass is 10.3. The highest BCUT2D eigenvalue weighted by molar-refractivity contribution is 6.72. The summed E-state index contributed by atoms with van der Waals surface area (Å²) in [5, 5.41) is 0. The van der Waals surface area contributed by atoms with Gasteiger partial charge in [-0.25, -0.2) is 0 Å². The second-order valence-electron chi connectivity index (χ2n) is 14.2. The summed E-state index contributed by atoms with van der Waals surface area (Å²) in [6.07, 6.45) is 4.00. The first-order chi connectivity index (χ1) is 24.4. The van der Waals surface area contributed by atoms with Crippen molar-refractivity contribution in [2.24, 2.45) is 0 Å². The van der Waals surface area contributed by atoms with E-state index in [4.69, 9.17) is 52.2 Å². The SMILES string of the molecule is CCC(C)O[Si](OC(C)CC)(OC(C)CC)O[SiH](O[Si](OC(C)CC)(OC(C)CC)OC(C)CC)O[Si](OC(C)CC)(OC(C)CC)OC(C)CC. The molecule has 0 aliphatic heterocycles. The Kier molecular flexibility index (Phi) is 27.3. The highest BCUT2D eigenvalue weighted by Crippen LogP contribution is 2.31. The Morgan fingerprint density at radius 2 is 0.385 bits per heavy atom. The van der Waals surface area contributed by atoms with Gasteiger partial charge in [0, 0.05) is 54.9 Å². The van der Waals surface area contributed by atoms with Gasteiger partial charge in [0.05, 0.1) is 0 Å². The van der Waals surface area contributed by atoms with Crippen molar-refractivity contribution in [3.8, 4) is 0 Å². The van der Waals surface area contributed by atoms with Gasteiger partial charge in [-0.3, -0.25) is 0 Å². The van der Waals surface area contributed by atoms with Crippen LogP contribution in [0.3, 0.4) is 0 Å². The summed E-state index contributed by atoms with van der Waals surface area (Å²) in [4.78, 5) is 0. The molecule has 0 aliphatic carbocycles. The van der Waals surface area contributed by atoms with E-state index in [1.54, 1.807) is 0 Å². The summed E-state index contributed by atoms with van der Waals surface area (Å²) < 4.78 is 82.0. The Balaban J connectivity index is 8.07. The van der Waals surface area contributed by atoms with Crippen molar-refractivity contribution < 1.29 is 52.2 Å². The zero-order valence-electron chi connectivity index (χ0n) is 36.5. The van der Waals surface area contributed by atoms with Gasteiger partial charge < -0.3 is 52.2 Å². The van der Waals surface area contributed by atoms with Gasteiger partial charge in [0.15, 0.2) is 0 Å². The van der Waals surface area contributed by atoms with Gasteiger partial charge in [-0.1, -0.05) is 62.3 Å². The second-order valence-corrected chi connectivity index (χ2v) is 22.7. The van der Waals surface area contributed by atoms with E-state index >= 15 is 0 Å². The van der Waals surface area contributed by atoms with E-state index in [0.717, 1.165) is 0 Å². The number of hydrogen-bond acceptors (Lipinski definition) is 12. The van der Waals surface area contributed by atoms with Crippen LogP contribution >= 0.6 is 0 Å². The zero-order chi connectivity index (χ0) is 40.1. The van der Waals surface area contributed by atoms with Crippen LogP contribution in [0.1, 0.15) is 182 Å². The molecule has 0 aliphatic rings. The standard InChI is InChI=1S/C36H82O12Si4/c1-19-28(10)37-50(38-29(11)20-2,39-30(12)21-3)46-49(47-51(40-31(13)22-4,41-32(14)23-5)42-33(15)24-6)48-52(43-34(16)25-7,44-35(17)26-8)45-36(18)27-9/h28-36,49H,19-27H2,1-18H3. The van der Waals surface area contributed by atoms with E-state index in [-0.39, 0.29) is 54.9 Å². The minimum Gasteiger partial charge on any atom is -0.352 e. The minimum atomic E-state index is -4.08. The maximum Gasteiger partial charge on any atom is 0.672 e. The molecule has 0 fully saturated rings. The van der Waals surface area contributed by atoms with Crippen LogP contribution in [0, 0.1) is 0 Å². The molecule has 0 rings (SSSR count). The Bertz CT molecular complexity index is 693. The fourth-order valence-electron chi connectivity index (χ4n) is 3.89. The smallest absolute Gasteiger partial charge is 0.352 e. The van der Waals surface area contributed by atoms with E-state index < -0.39 is 36.7 Å². The van der Waals surface area contributed by atoms with Crippen LogP contribution < -0.4 is 0 Å². The van der Waals surface area contributed by atoms with Gasteiger partial charge in [-0.15, -0.1) is 0 Å². The maximum atomic E-state index is 7.11. The van der Waals surface area contributed by atoms with Gasteiger partial charge in [0.2, 0.25) is 0 Å². The summed E-state index contributed by atoms with van der Waals surface area (Å²) in [5.41, 5.74) is 0. The molecule has 16 heteroatoms. The average molecular weight is 819 g/mol. The monoisotopic (exact) mass is 818 g/mol. The maximum absolute atomic E-state index is 7.11. The van der Waals surface area contributed by atoms with Crippen molar-refractivity contribution in [3.05, 3.63) is 0 Å². The van der Waals surface area contributed by atoms with Crippen molar-refractivity contribution in [3.63, 3.8) is 0 Å². The number of hydrogen-bond donors (Lipinski definition) is 0. The molecule has 0 heterocycles. The molecule has 0 bridgehead atoms. The van der Waals surface area contributed by atoms with Crippen LogP contribution in [0.5, 0.6) is 0 Å². The van der Waals surface area contributed by atoms with Crippen molar-refractivity contribution in [1.82, 2.24) is 0 Å². The lowest BCUT2D eigenvalue weighted by molar-refractivity contribution is -0.0969. The highest BCUT2D eigenvalue weighted by atomic mass is 28.5. The largest absolute Gasteiger partial charge is 0.672 e. The van der Waals surface area contributed by atoms with E-state index in [1.165, 1.54) is 0 Å². The van der Waals surface area contributed by atoms with E-state index in [9.17, 15) is 0 Å². The molecule has 0 saturated heterocycles. The summed E-state index contributed by atoms with van der Waals surface area (Å²) in [6, 6.07) is 0. The lowest BCUT2D eigenvalue weighted by Gasteiger charge is -2.42. The van der Waals surface area contributed by atoms with Crippen molar-refractivity contribution in [2.75, 3.05) is 0 Å². The third kappa shape index (κ3) is 20.0. The molecule has 12 nitrogen and oxygen atoms in total. The van der Waals surface area contributed by atoms with E-state index in [2.05, 4.69) is 0 Å². The molecule has 0 radical (unpaired) electrons. The fourth-order valence-corrected chi connectivity index (χ4v) is 17.0. The topological polar surface area (TPSA) is 111 Å². The first-order valence-electron chi connectivity index (χ1n) is 20.5. The first kappa shape index (κ1) is 52.4. The van der Waals surface area contributed by atoms with Gasteiger partial charge in [-0.2, -0.15) is 0 Å². The third-order valence-electron chi connectivity index (χ3n) is 9.01. The van der Waals surface area contributed by atoms with Gasteiger partial charge in [0.1, 0.15) is 0 Å². The Hall–Kier alpha value is 0.388. The van der Waals surface area contributed by atoms with Crippen molar-refractivity contribution in [2.45, 2.75) is 237 Å². The van der Waals surface area contributed by atoms with Crippen LogP contribution in [-0.2, 0) is 52.2 Å². The quantitative estimate of drug-likeness (QED) is 0.0589. The Morgan fingerprint density at radius 1 is 0.269 bits per heavy atom. The molecule has 0 N–H and O–H groups in total. The molecule has 0 amide bonds. The first-order valence-corrected chi connectivity index (χ1v) is 26.8. The molecular formula is C36H82O12Si4. The molecule has 9 unspecified atom stereocenters. The molecular weight excluding hydrogens is 737 g/mol. The van der Waals surface area contributed by atoms with Crippen LogP contribution in [0.15, 0.2) is 0 Å². The summed E-state index contributed by atoms with van der Waals surface area (Å²) in [5.74, 6) is 0. The minimum absolute atomic E-state index is 0.258.